The van der Waals surface area contributed by atoms with E-state index in [0.29, 0.717) is 11.4 Å². The summed E-state index contributed by atoms with van der Waals surface area (Å²) in [5, 5.41) is 9.05. The first-order valence-electron chi connectivity index (χ1n) is 6.16. The molecule has 0 saturated heterocycles. The SMILES string of the molecule is CCS(=O)(=O)c1cccc(CCC(CN)CO)c1. The molecule has 1 atom stereocenters. The number of hydrogen-bond acceptors (Lipinski definition) is 4. The fraction of sp³-hybridized carbons (Fsp3) is 0.538. The topological polar surface area (TPSA) is 80.4 Å². The van der Waals surface area contributed by atoms with Gasteiger partial charge in [-0.25, -0.2) is 8.42 Å². The van der Waals surface area contributed by atoms with Crippen LogP contribution in [0, 0.1) is 5.92 Å². The van der Waals surface area contributed by atoms with Crippen molar-refractivity contribution in [2.75, 3.05) is 18.9 Å². The van der Waals surface area contributed by atoms with Crippen LogP contribution in [0.5, 0.6) is 0 Å². The molecule has 0 heterocycles. The molecule has 4 nitrogen and oxygen atoms in total. The molecule has 0 aliphatic rings. The Hall–Kier alpha value is -0.910. The third-order valence-corrected chi connectivity index (χ3v) is 4.80. The molecule has 0 bridgehead atoms. The van der Waals surface area contributed by atoms with Crippen LogP contribution in [-0.2, 0) is 16.3 Å². The largest absolute Gasteiger partial charge is 0.396 e. The van der Waals surface area contributed by atoms with Gasteiger partial charge in [-0.3, -0.25) is 0 Å². The summed E-state index contributed by atoms with van der Waals surface area (Å²) in [4.78, 5) is 0.371. The molecule has 0 fully saturated rings. The summed E-state index contributed by atoms with van der Waals surface area (Å²) in [6.45, 7) is 2.16. The van der Waals surface area contributed by atoms with E-state index in [0.717, 1.165) is 18.4 Å². The minimum atomic E-state index is -3.14. The minimum absolute atomic E-state index is 0.0729. The Morgan fingerprint density at radius 3 is 2.67 bits per heavy atom. The molecule has 0 aliphatic carbocycles. The van der Waals surface area contributed by atoms with E-state index in [1.807, 2.05) is 6.07 Å². The van der Waals surface area contributed by atoms with Gasteiger partial charge in [0.2, 0.25) is 0 Å². The molecule has 0 radical (unpaired) electrons. The maximum absolute atomic E-state index is 11.7. The van der Waals surface area contributed by atoms with Crippen LogP contribution in [0.3, 0.4) is 0 Å². The van der Waals surface area contributed by atoms with Crippen LogP contribution in [0.1, 0.15) is 18.9 Å². The Morgan fingerprint density at radius 1 is 1.39 bits per heavy atom. The number of aliphatic hydroxyl groups is 1. The van der Waals surface area contributed by atoms with Crippen molar-refractivity contribution in [2.45, 2.75) is 24.7 Å². The number of sulfone groups is 1. The second-order valence-corrected chi connectivity index (χ2v) is 6.65. The molecule has 0 saturated carbocycles. The van der Waals surface area contributed by atoms with Crippen LogP contribution in [0.4, 0.5) is 0 Å². The number of rotatable bonds is 7. The Morgan fingerprint density at radius 2 is 2.11 bits per heavy atom. The molecule has 0 aliphatic heterocycles. The molecule has 1 aromatic carbocycles. The number of nitrogens with two attached hydrogens (primary N) is 1. The molecule has 18 heavy (non-hydrogen) atoms. The Bertz CT molecular complexity index is 467. The zero-order chi connectivity index (χ0) is 13.6. The summed E-state index contributed by atoms with van der Waals surface area (Å²) >= 11 is 0. The van der Waals surface area contributed by atoms with Gasteiger partial charge in [-0.2, -0.15) is 0 Å². The van der Waals surface area contributed by atoms with Crippen molar-refractivity contribution in [2.24, 2.45) is 11.7 Å². The third kappa shape index (κ3) is 4.08. The van der Waals surface area contributed by atoms with Gasteiger partial charge in [0.1, 0.15) is 0 Å². The lowest BCUT2D eigenvalue weighted by Crippen LogP contribution is -2.18. The van der Waals surface area contributed by atoms with Crippen LogP contribution < -0.4 is 5.73 Å². The van der Waals surface area contributed by atoms with Crippen molar-refractivity contribution in [1.29, 1.82) is 0 Å². The summed E-state index contributed by atoms with van der Waals surface area (Å²) < 4.78 is 23.5. The number of aliphatic hydroxyl groups excluding tert-OH is 1. The summed E-state index contributed by atoms with van der Waals surface area (Å²) in [5.74, 6) is 0.190. The average molecular weight is 271 g/mol. The maximum atomic E-state index is 11.7. The average Bonchev–Trinajstić information content (AvgIpc) is 2.40. The van der Waals surface area contributed by atoms with Gasteiger partial charge in [-0.05, 0) is 43.0 Å². The highest BCUT2D eigenvalue weighted by molar-refractivity contribution is 7.91. The van der Waals surface area contributed by atoms with Crippen molar-refractivity contribution >= 4 is 9.84 Å². The smallest absolute Gasteiger partial charge is 0.178 e. The van der Waals surface area contributed by atoms with Crippen molar-refractivity contribution in [3.8, 4) is 0 Å². The van der Waals surface area contributed by atoms with Crippen LogP contribution in [-0.4, -0.2) is 32.4 Å². The summed E-state index contributed by atoms with van der Waals surface area (Å²) in [6.07, 6.45) is 1.50. The van der Waals surface area contributed by atoms with Gasteiger partial charge in [0, 0.05) is 6.61 Å². The van der Waals surface area contributed by atoms with E-state index in [1.165, 1.54) is 0 Å². The van der Waals surface area contributed by atoms with E-state index in [-0.39, 0.29) is 18.3 Å². The number of hydrogen-bond donors (Lipinski definition) is 2. The van der Waals surface area contributed by atoms with E-state index in [2.05, 4.69) is 0 Å². The van der Waals surface area contributed by atoms with Gasteiger partial charge < -0.3 is 10.8 Å². The monoisotopic (exact) mass is 271 g/mol. The lowest BCUT2D eigenvalue weighted by molar-refractivity contribution is 0.223. The van der Waals surface area contributed by atoms with Crippen LogP contribution in [0.25, 0.3) is 0 Å². The van der Waals surface area contributed by atoms with Crippen molar-refractivity contribution < 1.29 is 13.5 Å². The van der Waals surface area contributed by atoms with E-state index >= 15 is 0 Å². The van der Waals surface area contributed by atoms with Crippen molar-refractivity contribution in [1.82, 2.24) is 0 Å². The van der Waals surface area contributed by atoms with Crippen LogP contribution in [0.15, 0.2) is 29.2 Å². The molecular weight excluding hydrogens is 250 g/mol. The fourth-order valence-corrected chi connectivity index (χ4v) is 2.67. The summed E-state index contributed by atoms with van der Waals surface area (Å²) in [5.41, 5.74) is 6.48. The minimum Gasteiger partial charge on any atom is -0.396 e. The third-order valence-electron chi connectivity index (χ3n) is 3.07. The maximum Gasteiger partial charge on any atom is 0.178 e. The number of aryl methyl sites for hydroxylation is 1. The van der Waals surface area contributed by atoms with E-state index in [4.69, 9.17) is 10.8 Å². The second kappa shape index (κ2) is 6.87. The summed E-state index contributed by atoms with van der Waals surface area (Å²) in [6, 6.07) is 6.99. The summed E-state index contributed by atoms with van der Waals surface area (Å²) in [7, 11) is -3.14. The molecular formula is C13H21NO3S. The van der Waals surface area contributed by atoms with Gasteiger partial charge in [0.15, 0.2) is 9.84 Å². The number of benzene rings is 1. The normalized spacial score (nSPS) is 13.5. The molecule has 0 amide bonds. The van der Waals surface area contributed by atoms with Gasteiger partial charge in [0.05, 0.1) is 10.6 Å². The molecule has 0 spiro atoms. The van der Waals surface area contributed by atoms with Gasteiger partial charge in [-0.15, -0.1) is 0 Å². The molecule has 5 heteroatoms. The predicted octanol–water partition coefficient (Wildman–Crippen LogP) is 0.980. The van der Waals surface area contributed by atoms with Crippen molar-refractivity contribution in [3.63, 3.8) is 0 Å². The van der Waals surface area contributed by atoms with E-state index < -0.39 is 9.84 Å². The highest BCUT2D eigenvalue weighted by Crippen LogP contribution is 2.16. The fourth-order valence-electron chi connectivity index (χ4n) is 1.72. The van der Waals surface area contributed by atoms with Gasteiger partial charge in [-0.1, -0.05) is 19.1 Å². The molecule has 1 unspecified atom stereocenters. The van der Waals surface area contributed by atoms with Gasteiger partial charge >= 0.3 is 0 Å². The Labute approximate surface area is 109 Å². The Balaban J connectivity index is 2.77. The van der Waals surface area contributed by atoms with Crippen molar-refractivity contribution in [3.05, 3.63) is 29.8 Å². The lowest BCUT2D eigenvalue weighted by Gasteiger charge is -2.11. The molecule has 0 aromatic heterocycles. The molecule has 1 rings (SSSR count). The van der Waals surface area contributed by atoms with Crippen LogP contribution in [0.2, 0.25) is 0 Å². The predicted molar refractivity (Wildman–Crippen MR) is 72.1 cm³/mol. The van der Waals surface area contributed by atoms with Gasteiger partial charge in [0.25, 0.3) is 0 Å². The zero-order valence-corrected chi connectivity index (χ0v) is 11.5. The molecule has 1 aromatic rings. The molecule has 3 N–H and O–H groups in total. The lowest BCUT2D eigenvalue weighted by atomic mass is 10.0. The standard InChI is InChI=1S/C13H21NO3S/c1-2-18(16,17)13-5-3-4-11(8-13)6-7-12(9-14)10-15/h3-5,8,12,15H,2,6-7,9-10,14H2,1H3. The molecule has 102 valence electrons. The van der Waals surface area contributed by atoms with E-state index in [1.54, 1.807) is 25.1 Å². The van der Waals surface area contributed by atoms with E-state index in [9.17, 15) is 8.42 Å². The first-order chi connectivity index (χ1) is 8.53. The van der Waals surface area contributed by atoms with Crippen LogP contribution >= 0.6 is 0 Å². The first kappa shape index (κ1) is 15.1. The first-order valence-corrected chi connectivity index (χ1v) is 7.81. The highest BCUT2D eigenvalue weighted by Gasteiger charge is 2.12. The second-order valence-electron chi connectivity index (χ2n) is 4.37. The highest BCUT2D eigenvalue weighted by atomic mass is 32.2. The zero-order valence-electron chi connectivity index (χ0n) is 10.7. The Kier molecular flexibility index (Phi) is 5.78. The quantitative estimate of drug-likeness (QED) is 0.774.